The lowest BCUT2D eigenvalue weighted by Crippen LogP contribution is -2.39. The Bertz CT molecular complexity index is 677. The quantitative estimate of drug-likeness (QED) is 0.855. The number of hydrogen-bond acceptors (Lipinski definition) is 3. The molecule has 0 bridgehead atoms. The Morgan fingerprint density at radius 2 is 2.18 bits per heavy atom. The number of nitrogens with zero attached hydrogens (tertiary/aromatic N) is 4. The molecule has 0 aromatic carbocycles. The monoisotopic (exact) mass is 298 g/mol. The molecule has 5 heteroatoms. The van der Waals surface area contributed by atoms with Gasteiger partial charge in [-0.15, -0.1) is 0 Å². The van der Waals surface area contributed by atoms with Crippen LogP contribution < -0.4 is 0 Å². The SMILES string of the molecule is Cc1cc(C(=O)N2CCC[C@@H](c3ccncn3)C2)c(C)n1C. The average molecular weight is 298 g/mol. The fourth-order valence-corrected chi connectivity index (χ4v) is 3.19. The molecule has 22 heavy (non-hydrogen) atoms. The molecule has 2 aromatic rings. The summed E-state index contributed by atoms with van der Waals surface area (Å²) in [5.41, 5.74) is 4.01. The number of carbonyl (C=O) groups excluding carboxylic acids is 1. The van der Waals surface area contributed by atoms with Crippen LogP contribution in [0.2, 0.25) is 0 Å². The predicted octanol–water partition coefficient (Wildman–Crippen LogP) is 2.45. The van der Waals surface area contributed by atoms with E-state index in [-0.39, 0.29) is 5.91 Å². The lowest BCUT2D eigenvalue weighted by Gasteiger charge is -2.32. The van der Waals surface area contributed by atoms with Gasteiger partial charge in [-0.05, 0) is 38.8 Å². The van der Waals surface area contributed by atoms with Gasteiger partial charge >= 0.3 is 0 Å². The van der Waals surface area contributed by atoms with Crippen molar-refractivity contribution >= 4 is 5.91 Å². The van der Waals surface area contributed by atoms with Gasteiger partial charge in [0.25, 0.3) is 5.91 Å². The molecular formula is C17H22N4O. The van der Waals surface area contributed by atoms with Crippen molar-refractivity contribution in [2.24, 2.45) is 7.05 Å². The van der Waals surface area contributed by atoms with Crippen LogP contribution in [-0.4, -0.2) is 38.4 Å². The Hall–Kier alpha value is -2.17. The number of aromatic nitrogens is 3. The molecule has 1 aliphatic rings. The van der Waals surface area contributed by atoms with Crippen LogP contribution in [0.5, 0.6) is 0 Å². The van der Waals surface area contributed by atoms with Crippen molar-refractivity contribution in [1.82, 2.24) is 19.4 Å². The molecule has 0 aliphatic carbocycles. The Morgan fingerprint density at radius 1 is 1.36 bits per heavy atom. The number of amides is 1. The lowest BCUT2D eigenvalue weighted by atomic mass is 9.94. The molecule has 1 aliphatic heterocycles. The van der Waals surface area contributed by atoms with E-state index < -0.39 is 0 Å². The van der Waals surface area contributed by atoms with Crippen molar-refractivity contribution in [3.63, 3.8) is 0 Å². The molecule has 1 saturated heterocycles. The van der Waals surface area contributed by atoms with Gasteiger partial charge in [0.1, 0.15) is 6.33 Å². The highest BCUT2D eigenvalue weighted by molar-refractivity contribution is 5.95. The van der Waals surface area contributed by atoms with Gasteiger partial charge in [0.15, 0.2) is 0 Å². The maximum Gasteiger partial charge on any atom is 0.255 e. The van der Waals surface area contributed by atoms with Gasteiger partial charge in [0.05, 0.1) is 5.56 Å². The summed E-state index contributed by atoms with van der Waals surface area (Å²) in [6, 6.07) is 3.95. The summed E-state index contributed by atoms with van der Waals surface area (Å²) >= 11 is 0. The van der Waals surface area contributed by atoms with Crippen molar-refractivity contribution in [3.8, 4) is 0 Å². The predicted molar refractivity (Wildman–Crippen MR) is 84.8 cm³/mol. The highest BCUT2D eigenvalue weighted by atomic mass is 16.2. The molecule has 2 aromatic heterocycles. The number of aryl methyl sites for hydroxylation is 1. The Labute approximate surface area is 131 Å². The highest BCUT2D eigenvalue weighted by Gasteiger charge is 2.27. The van der Waals surface area contributed by atoms with Crippen LogP contribution in [0.15, 0.2) is 24.7 Å². The van der Waals surface area contributed by atoms with Crippen LogP contribution in [0, 0.1) is 13.8 Å². The first-order valence-corrected chi connectivity index (χ1v) is 7.76. The van der Waals surface area contributed by atoms with E-state index in [2.05, 4.69) is 14.5 Å². The van der Waals surface area contributed by atoms with E-state index in [0.29, 0.717) is 5.92 Å². The summed E-state index contributed by atoms with van der Waals surface area (Å²) in [5.74, 6) is 0.450. The normalized spacial score (nSPS) is 18.5. The summed E-state index contributed by atoms with van der Waals surface area (Å²) in [4.78, 5) is 23.1. The lowest BCUT2D eigenvalue weighted by molar-refractivity contribution is 0.0705. The van der Waals surface area contributed by atoms with Crippen molar-refractivity contribution in [3.05, 3.63) is 47.3 Å². The molecule has 0 saturated carbocycles. The van der Waals surface area contributed by atoms with Crippen LogP contribution in [-0.2, 0) is 7.05 Å². The van der Waals surface area contributed by atoms with E-state index in [4.69, 9.17) is 0 Å². The maximum absolute atomic E-state index is 12.8. The van der Waals surface area contributed by atoms with Crippen LogP contribution in [0.25, 0.3) is 0 Å². The number of likely N-dealkylation sites (tertiary alicyclic amines) is 1. The topological polar surface area (TPSA) is 51.0 Å². The Morgan fingerprint density at radius 3 is 2.82 bits per heavy atom. The Balaban J connectivity index is 1.80. The maximum atomic E-state index is 12.8. The van der Waals surface area contributed by atoms with Gasteiger partial charge in [-0.1, -0.05) is 0 Å². The van der Waals surface area contributed by atoms with Crippen molar-refractivity contribution in [2.45, 2.75) is 32.6 Å². The molecule has 3 heterocycles. The largest absolute Gasteiger partial charge is 0.351 e. The van der Waals surface area contributed by atoms with Gasteiger partial charge in [-0.2, -0.15) is 0 Å². The molecule has 3 rings (SSSR count). The second-order valence-corrected chi connectivity index (χ2v) is 6.07. The molecule has 0 spiro atoms. The summed E-state index contributed by atoms with van der Waals surface area (Å²) in [7, 11) is 2.00. The molecule has 0 N–H and O–H groups in total. The summed E-state index contributed by atoms with van der Waals surface area (Å²) in [5, 5.41) is 0. The number of hydrogen-bond donors (Lipinski definition) is 0. The molecule has 1 fully saturated rings. The molecule has 1 amide bonds. The number of piperidine rings is 1. The van der Waals surface area contributed by atoms with E-state index in [1.165, 1.54) is 0 Å². The number of carbonyl (C=O) groups is 1. The Kier molecular flexibility index (Phi) is 3.96. The average Bonchev–Trinajstić information content (AvgIpc) is 2.82. The molecule has 5 nitrogen and oxygen atoms in total. The zero-order chi connectivity index (χ0) is 15.7. The van der Waals surface area contributed by atoms with E-state index >= 15 is 0 Å². The fourth-order valence-electron chi connectivity index (χ4n) is 3.19. The minimum Gasteiger partial charge on any atom is -0.351 e. The van der Waals surface area contributed by atoms with Crippen LogP contribution in [0.1, 0.15) is 46.2 Å². The zero-order valence-corrected chi connectivity index (χ0v) is 13.4. The minimum absolute atomic E-state index is 0.139. The number of rotatable bonds is 2. The molecule has 1 atom stereocenters. The van der Waals surface area contributed by atoms with Gasteiger partial charge in [0.2, 0.25) is 0 Å². The summed E-state index contributed by atoms with van der Waals surface area (Å²) in [6.07, 6.45) is 5.45. The summed E-state index contributed by atoms with van der Waals surface area (Å²) in [6.45, 7) is 5.60. The smallest absolute Gasteiger partial charge is 0.255 e. The second-order valence-electron chi connectivity index (χ2n) is 6.07. The van der Waals surface area contributed by atoms with E-state index in [0.717, 1.165) is 48.6 Å². The highest BCUT2D eigenvalue weighted by Crippen LogP contribution is 2.27. The van der Waals surface area contributed by atoms with E-state index in [9.17, 15) is 4.79 Å². The standard InChI is InChI=1S/C17H22N4O/c1-12-9-15(13(2)20(12)3)17(22)21-8-4-5-14(10-21)16-6-7-18-11-19-16/h6-7,9,11,14H,4-5,8,10H2,1-3H3/t14-/m1/s1. The first-order chi connectivity index (χ1) is 10.6. The first kappa shape index (κ1) is 14.8. The third-order valence-corrected chi connectivity index (χ3v) is 4.74. The third kappa shape index (κ3) is 2.63. The first-order valence-electron chi connectivity index (χ1n) is 7.76. The van der Waals surface area contributed by atoms with Crippen LogP contribution >= 0.6 is 0 Å². The van der Waals surface area contributed by atoms with Crippen molar-refractivity contribution in [2.75, 3.05) is 13.1 Å². The van der Waals surface area contributed by atoms with Crippen molar-refractivity contribution < 1.29 is 4.79 Å². The molecular weight excluding hydrogens is 276 g/mol. The van der Waals surface area contributed by atoms with E-state index in [1.54, 1.807) is 12.5 Å². The molecule has 0 radical (unpaired) electrons. The summed E-state index contributed by atoms with van der Waals surface area (Å²) < 4.78 is 2.07. The second kappa shape index (κ2) is 5.91. The van der Waals surface area contributed by atoms with Gasteiger partial charge in [-0.3, -0.25) is 4.79 Å². The van der Waals surface area contributed by atoms with E-state index in [1.807, 2.05) is 37.9 Å². The van der Waals surface area contributed by atoms with Gasteiger partial charge < -0.3 is 9.47 Å². The van der Waals surface area contributed by atoms with Crippen molar-refractivity contribution in [1.29, 1.82) is 0 Å². The van der Waals surface area contributed by atoms with Gasteiger partial charge in [-0.25, -0.2) is 9.97 Å². The minimum atomic E-state index is 0.139. The zero-order valence-electron chi connectivity index (χ0n) is 13.4. The van der Waals surface area contributed by atoms with Crippen LogP contribution in [0.4, 0.5) is 0 Å². The molecule has 116 valence electrons. The van der Waals surface area contributed by atoms with Crippen LogP contribution in [0.3, 0.4) is 0 Å². The third-order valence-electron chi connectivity index (χ3n) is 4.74. The van der Waals surface area contributed by atoms with Gasteiger partial charge in [0, 0.05) is 49.3 Å². The fraction of sp³-hybridized carbons (Fsp3) is 0.471. The molecule has 0 unspecified atom stereocenters.